The fraction of sp³-hybridized carbons (Fsp3) is 1.00. The van der Waals surface area contributed by atoms with Gasteiger partial charge in [0.2, 0.25) is 0 Å². The predicted molar refractivity (Wildman–Crippen MR) is 58.1 cm³/mol. The van der Waals surface area contributed by atoms with Crippen molar-refractivity contribution in [3.63, 3.8) is 0 Å². The first kappa shape index (κ1) is 10.4. The lowest BCUT2D eigenvalue weighted by Crippen LogP contribution is -2.39. The molecule has 0 aromatic heterocycles. The summed E-state index contributed by atoms with van der Waals surface area (Å²) in [5.74, 6) is 0.972. The van der Waals surface area contributed by atoms with Crippen LogP contribution in [-0.4, -0.2) is 19.3 Å². The molecule has 1 aliphatic carbocycles. The molecule has 2 nitrogen and oxygen atoms in total. The van der Waals surface area contributed by atoms with Gasteiger partial charge < -0.3 is 10.5 Å². The van der Waals surface area contributed by atoms with Crippen molar-refractivity contribution in [3.05, 3.63) is 0 Å². The normalized spacial score (nSPS) is 43.3. The van der Waals surface area contributed by atoms with E-state index in [-0.39, 0.29) is 0 Å². The van der Waals surface area contributed by atoms with Crippen LogP contribution in [0.3, 0.4) is 0 Å². The molecule has 2 fully saturated rings. The van der Waals surface area contributed by atoms with E-state index in [1.54, 1.807) is 0 Å². The summed E-state index contributed by atoms with van der Waals surface area (Å²) in [6.45, 7) is 3.98. The highest BCUT2D eigenvalue weighted by molar-refractivity contribution is 4.95. The van der Waals surface area contributed by atoms with Gasteiger partial charge in [-0.05, 0) is 38.0 Å². The zero-order valence-electron chi connectivity index (χ0n) is 9.30. The van der Waals surface area contributed by atoms with Gasteiger partial charge in [-0.3, -0.25) is 0 Å². The third kappa shape index (κ3) is 1.70. The lowest BCUT2D eigenvalue weighted by Gasteiger charge is -2.40. The van der Waals surface area contributed by atoms with Gasteiger partial charge in [0, 0.05) is 18.6 Å². The van der Waals surface area contributed by atoms with Gasteiger partial charge in [-0.2, -0.15) is 0 Å². The van der Waals surface area contributed by atoms with Gasteiger partial charge in [-0.25, -0.2) is 0 Å². The number of ether oxygens (including phenoxy) is 1. The van der Waals surface area contributed by atoms with Crippen molar-refractivity contribution >= 4 is 0 Å². The highest BCUT2D eigenvalue weighted by Gasteiger charge is 2.44. The maximum Gasteiger partial charge on any atom is 0.0754 e. The molecular weight excluding hydrogens is 174 g/mol. The van der Waals surface area contributed by atoms with E-state index in [0.717, 1.165) is 19.1 Å². The first-order valence-electron chi connectivity index (χ1n) is 6.12. The van der Waals surface area contributed by atoms with Crippen molar-refractivity contribution in [2.24, 2.45) is 17.1 Å². The van der Waals surface area contributed by atoms with Gasteiger partial charge in [-0.15, -0.1) is 0 Å². The molecule has 0 amide bonds. The Labute approximate surface area is 87.2 Å². The SMILES string of the molecule is CCC1CCC2(CCOC2CN)CC1. The van der Waals surface area contributed by atoms with E-state index in [1.165, 1.54) is 38.5 Å². The monoisotopic (exact) mass is 197 g/mol. The zero-order chi connectivity index (χ0) is 10.0. The largest absolute Gasteiger partial charge is 0.376 e. The van der Waals surface area contributed by atoms with Crippen molar-refractivity contribution in [2.75, 3.05) is 13.2 Å². The van der Waals surface area contributed by atoms with E-state index in [2.05, 4.69) is 6.92 Å². The molecular formula is C12H23NO. The Balaban J connectivity index is 1.97. The summed E-state index contributed by atoms with van der Waals surface area (Å²) in [4.78, 5) is 0. The van der Waals surface area contributed by atoms with Gasteiger partial charge in [-0.1, -0.05) is 13.3 Å². The molecule has 0 radical (unpaired) electrons. The Bertz CT molecular complexity index is 185. The first-order chi connectivity index (χ1) is 6.80. The Morgan fingerprint density at radius 2 is 2.00 bits per heavy atom. The number of nitrogens with two attached hydrogens (primary N) is 1. The van der Waals surface area contributed by atoms with Crippen molar-refractivity contribution in [2.45, 2.75) is 51.6 Å². The summed E-state index contributed by atoms with van der Waals surface area (Å²) < 4.78 is 5.74. The fourth-order valence-corrected chi connectivity index (χ4v) is 3.29. The Morgan fingerprint density at radius 1 is 1.29 bits per heavy atom. The minimum absolute atomic E-state index is 0.361. The molecule has 1 spiro atoms. The summed E-state index contributed by atoms with van der Waals surface area (Å²) in [6, 6.07) is 0. The average molecular weight is 197 g/mol. The average Bonchev–Trinajstić information content (AvgIpc) is 2.62. The van der Waals surface area contributed by atoms with E-state index in [0.29, 0.717) is 11.5 Å². The van der Waals surface area contributed by atoms with Gasteiger partial charge in [0.05, 0.1) is 6.10 Å². The maximum atomic E-state index is 5.78. The molecule has 2 N–H and O–H groups in total. The Morgan fingerprint density at radius 3 is 2.57 bits per heavy atom. The number of rotatable bonds is 2. The molecule has 1 atom stereocenters. The van der Waals surface area contributed by atoms with Crippen LogP contribution in [0.1, 0.15) is 45.4 Å². The van der Waals surface area contributed by atoms with Gasteiger partial charge >= 0.3 is 0 Å². The molecule has 2 heteroatoms. The zero-order valence-corrected chi connectivity index (χ0v) is 9.30. The van der Waals surface area contributed by atoms with Crippen LogP contribution in [0.25, 0.3) is 0 Å². The molecule has 82 valence electrons. The van der Waals surface area contributed by atoms with Crippen LogP contribution in [0, 0.1) is 11.3 Å². The molecule has 1 heterocycles. The van der Waals surface area contributed by atoms with Crippen molar-refractivity contribution in [3.8, 4) is 0 Å². The summed E-state index contributed by atoms with van der Waals surface area (Å²) in [5.41, 5.74) is 6.25. The summed E-state index contributed by atoms with van der Waals surface area (Å²) in [6.07, 6.45) is 8.48. The standard InChI is InChI=1S/C12H23NO/c1-2-10-3-5-12(6-4-10)7-8-14-11(12)9-13/h10-11H,2-9,13H2,1H3. The predicted octanol–water partition coefficient (Wildman–Crippen LogP) is 2.32. The van der Waals surface area contributed by atoms with Crippen LogP contribution >= 0.6 is 0 Å². The van der Waals surface area contributed by atoms with Crippen LogP contribution in [0.15, 0.2) is 0 Å². The van der Waals surface area contributed by atoms with Crippen LogP contribution < -0.4 is 5.73 Å². The summed E-state index contributed by atoms with van der Waals surface area (Å²) in [5, 5.41) is 0. The summed E-state index contributed by atoms with van der Waals surface area (Å²) >= 11 is 0. The van der Waals surface area contributed by atoms with E-state index in [4.69, 9.17) is 10.5 Å². The molecule has 0 bridgehead atoms. The minimum Gasteiger partial charge on any atom is -0.376 e. The van der Waals surface area contributed by atoms with Crippen LogP contribution in [0.4, 0.5) is 0 Å². The second-order valence-electron chi connectivity index (χ2n) is 5.06. The molecule has 2 rings (SSSR count). The molecule has 1 aliphatic heterocycles. The highest BCUT2D eigenvalue weighted by atomic mass is 16.5. The van der Waals surface area contributed by atoms with Gasteiger partial charge in [0.25, 0.3) is 0 Å². The highest BCUT2D eigenvalue weighted by Crippen LogP contribution is 2.48. The molecule has 2 aliphatic rings. The third-order valence-electron chi connectivity index (χ3n) is 4.49. The third-order valence-corrected chi connectivity index (χ3v) is 4.49. The van der Waals surface area contributed by atoms with Crippen molar-refractivity contribution < 1.29 is 4.74 Å². The lowest BCUT2D eigenvalue weighted by atomic mass is 9.66. The fourth-order valence-electron chi connectivity index (χ4n) is 3.29. The van der Waals surface area contributed by atoms with E-state index < -0.39 is 0 Å². The van der Waals surface area contributed by atoms with Gasteiger partial charge in [0.15, 0.2) is 0 Å². The number of hydrogen-bond acceptors (Lipinski definition) is 2. The van der Waals surface area contributed by atoms with E-state index in [1.807, 2.05) is 0 Å². The van der Waals surface area contributed by atoms with E-state index in [9.17, 15) is 0 Å². The summed E-state index contributed by atoms with van der Waals surface area (Å²) in [7, 11) is 0. The van der Waals surface area contributed by atoms with Crippen molar-refractivity contribution in [1.82, 2.24) is 0 Å². The molecule has 14 heavy (non-hydrogen) atoms. The minimum atomic E-state index is 0.361. The smallest absolute Gasteiger partial charge is 0.0754 e. The second-order valence-corrected chi connectivity index (χ2v) is 5.06. The van der Waals surface area contributed by atoms with E-state index >= 15 is 0 Å². The van der Waals surface area contributed by atoms with Crippen molar-refractivity contribution in [1.29, 1.82) is 0 Å². The van der Waals surface area contributed by atoms with Crippen LogP contribution in [0.5, 0.6) is 0 Å². The second kappa shape index (κ2) is 4.19. The molecule has 1 unspecified atom stereocenters. The topological polar surface area (TPSA) is 35.2 Å². The quantitative estimate of drug-likeness (QED) is 0.737. The molecule has 1 saturated heterocycles. The maximum absolute atomic E-state index is 5.78. The Kier molecular flexibility index (Phi) is 3.13. The Hall–Kier alpha value is -0.0800. The van der Waals surface area contributed by atoms with Gasteiger partial charge in [0.1, 0.15) is 0 Å². The molecule has 1 saturated carbocycles. The molecule has 0 aromatic rings. The van der Waals surface area contributed by atoms with Crippen LogP contribution in [0.2, 0.25) is 0 Å². The first-order valence-corrected chi connectivity index (χ1v) is 6.12. The van der Waals surface area contributed by atoms with Crippen LogP contribution in [-0.2, 0) is 4.74 Å². The number of hydrogen-bond donors (Lipinski definition) is 1. The molecule has 0 aromatic carbocycles. The lowest BCUT2D eigenvalue weighted by molar-refractivity contribution is 0.0249.